The Hall–Kier alpha value is -0.120. The van der Waals surface area contributed by atoms with Crippen molar-refractivity contribution >= 4 is 0 Å². The standard InChI is InChI=1S/C12H24N2O/c1-3-5-13-10-4-6-14(9-10)11-7-12(8-11)15-2/h10-13H,3-9H2,1-2H3. The fourth-order valence-corrected chi connectivity index (χ4v) is 2.66. The summed E-state index contributed by atoms with van der Waals surface area (Å²) in [4.78, 5) is 2.64. The highest BCUT2D eigenvalue weighted by atomic mass is 16.5. The maximum Gasteiger partial charge on any atom is 0.0601 e. The average molecular weight is 212 g/mol. The minimum atomic E-state index is 0.539. The van der Waals surface area contributed by atoms with Crippen molar-refractivity contribution in [2.75, 3.05) is 26.7 Å². The minimum absolute atomic E-state index is 0.539. The zero-order valence-electron chi connectivity index (χ0n) is 10.0. The maximum absolute atomic E-state index is 5.33. The normalized spacial score (nSPS) is 36.8. The van der Waals surface area contributed by atoms with Gasteiger partial charge in [0.1, 0.15) is 0 Å². The van der Waals surface area contributed by atoms with E-state index in [0.717, 1.165) is 12.1 Å². The van der Waals surface area contributed by atoms with Crippen LogP contribution in [0.15, 0.2) is 0 Å². The summed E-state index contributed by atoms with van der Waals surface area (Å²) in [5.74, 6) is 0. The molecule has 3 heteroatoms. The molecule has 0 bridgehead atoms. The Bertz CT molecular complexity index is 192. The highest BCUT2D eigenvalue weighted by Crippen LogP contribution is 2.30. The van der Waals surface area contributed by atoms with Gasteiger partial charge in [0.15, 0.2) is 0 Å². The molecule has 0 spiro atoms. The molecule has 2 fully saturated rings. The Kier molecular flexibility index (Phi) is 4.00. The Labute approximate surface area is 93.2 Å². The van der Waals surface area contributed by atoms with Crippen LogP contribution in [0.25, 0.3) is 0 Å². The van der Waals surface area contributed by atoms with Crippen LogP contribution in [0.2, 0.25) is 0 Å². The van der Waals surface area contributed by atoms with E-state index in [0.29, 0.717) is 6.10 Å². The number of hydrogen-bond acceptors (Lipinski definition) is 3. The summed E-state index contributed by atoms with van der Waals surface area (Å²) in [5.41, 5.74) is 0. The van der Waals surface area contributed by atoms with Gasteiger partial charge in [-0.3, -0.25) is 4.90 Å². The molecule has 0 aromatic rings. The lowest BCUT2D eigenvalue weighted by molar-refractivity contribution is -0.0206. The Morgan fingerprint density at radius 1 is 1.40 bits per heavy atom. The first kappa shape index (κ1) is 11.4. The van der Waals surface area contributed by atoms with Crippen molar-refractivity contribution in [1.82, 2.24) is 10.2 Å². The summed E-state index contributed by atoms with van der Waals surface area (Å²) in [5, 5.41) is 3.62. The lowest BCUT2D eigenvalue weighted by atomic mass is 9.88. The third-order valence-corrected chi connectivity index (χ3v) is 3.82. The number of nitrogens with zero attached hydrogens (tertiary/aromatic N) is 1. The van der Waals surface area contributed by atoms with Crippen LogP contribution in [0, 0.1) is 0 Å². The topological polar surface area (TPSA) is 24.5 Å². The van der Waals surface area contributed by atoms with E-state index in [1.54, 1.807) is 0 Å². The predicted octanol–water partition coefficient (Wildman–Crippen LogP) is 1.24. The van der Waals surface area contributed by atoms with Gasteiger partial charge in [-0.2, -0.15) is 0 Å². The molecular weight excluding hydrogens is 188 g/mol. The van der Waals surface area contributed by atoms with Gasteiger partial charge in [-0.25, -0.2) is 0 Å². The molecule has 1 aliphatic heterocycles. The van der Waals surface area contributed by atoms with Crippen LogP contribution in [0.5, 0.6) is 0 Å². The number of nitrogens with one attached hydrogen (secondary N) is 1. The van der Waals surface area contributed by atoms with Gasteiger partial charge in [0.05, 0.1) is 6.10 Å². The molecule has 1 saturated heterocycles. The first-order chi connectivity index (χ1) is 7.33. The van der Waals surface area contributed by atoms with Gasteiger partial charge < -0.3 is 10.1 Å². The Morgan fingerprint density at radius 3 is 2.87 bits per heavy atom. The molecule has 1 atom stereocenters. The molecule has 1 aliphatic carbocycles. The van der Waals surface area contributed by atoms with Crippen molar-refractivity contribution in [2.24, 2.45) is 0 Å². The van der Waals surface area contributed by atoms with Gasteiger partial charge >= 0.3 is 0 Å². The third-order valence-electron chi connectivity index (χ3n) is 3.82. The Morgan fingerprint density at radius 2 is 2.20 bits per heavy atom. The van der Waals surface area contributed by atoms with E-state index >= 15 is 0 Å². The molecule has 0 radical (unpaired) electrons. The summed E-state index contributed by atoms with van der Waals surface area (Å²) < 4.78 is 5.33. The fraction of sp³-hybridized carbons (Fsp3) is 1.00. The molecule has 1 unspecified atom stereocenters. The van der Waals surface area contributed by atoms with Crippen molar-refractivity contribution in [1.29, 1.82) is 0 Å². The highest BCUT2D eigenvalue weighted by Gasteiger charge is 2.36. The predicted molar refractivity (Wildman–Crippen MR) is 62.1 cm³/mol. The highest BCUT2D eigenvalue weighted by molar-refractivity contribution is 4.93. The zero-order chi connectivity index (χ0) is 10.7. The van der Waals surface area contributed by atoms with Crippen LogP contribution < -0.4 is 5.32 Å². The van der Waals surface area contributed by atoms with Gasteiger partial charge in [0, 0.05) is 32.3 Å². The zero-order valence-corrected chi connectivity index (χ0v) is 10.0. The van der Waals surface area contributed by atoms with E-state index in [1.807, 2.05) is 7.11 Å². The molecule has 1 saturated carbocycles. The van der Waals surface area contributed by atoms with Gasteiger partial charge in [-0.05, 0) is 32.2 Å². The molecule has 0 aromatic carbocycles. The molecule has 15 heavy (non-hydrogen) atoms. The van der Waals surface area contributed by atoms with Crippen LogP contribution in [0.1, 0.15) is 32.6 Å². The van der Waals surface area contributed by atoms with E-state index in [-0.39, 0.29) is 0 Å². The summed E-state index contributed by atoms with van der Waals surface area (Å²) in [7, 11) is 1.83. The summed E-state index contributed by atoms with van der Waals surface area (Å²) in [6.45, 7) is 5.93. The molecule has 1 heterocycles. The van der Waals surface area contributed by atoms with Crippen molar-refractivity contribution in [2.45, 2.75) is 50.8 Å². The van der Waals surface area contributed by atoms with Crippen LogP contribution >= 0.6 is 0 Å². The quantitative estimate of drug-likeness (QED) is 0.742. The third kappa shape index (κ3) is 2.71. The largest absolute Gasteiger partial charge is 0.381 e. The molecule has 88 valence electrons. The second-order valence-electron chi connectivity index (χ2n) is 4.92. The lowest BCUT2D eigenvalue weighted by Gasteiger charge is -2.40. The van der Waals surface area contributed by atoms with E-state index in [2.05, 4.69) is 17.1 Å². The van der Waals surface area contributed by atoms with E-state index in [1.165, 1.54) is 45.3 Å². The SMILES string of the molecule is CCCNC1CCN(C2CC(OC)C2)C1. The van der Waals surface area contributed by atoms with Gasteiger partial charge in [0.25, 0.3) is 0 Å². The number of ether oxygens (including phenoxy) is 1. The molecule has 1 N–H and O–H groups in total. The lowest BCUT2D eigenvalue weighted by Crippen LogP contribution is -2.47. The Balaban J connectivity index is 1.65. The molecule has 0 aromatic heterocycles. The van der Waals surface area contributed by atoms with Crippen molar-refractivity contribution in [3.05, 3.63) is 0 Å². The number of likely N-dealkylation sites (tertiary alicyclic amines) is 1. The minimum Gasteiger partial charge on any atom is -0.381 e. The monoisotopic (exact) mass is 212 g/mol. The summed E-state index contributed by atoms with van der Waals surface area (Å²) in [6, 6.07) is 1.55. The van der Waals surface area contributed by atoms with Crippen LogP contribution in [-0.4, -0.2) is 49.8 Å². The molecule has 2 rings (SSSR count). The number of methoxy groups -OCH3 is 1. The van der Waals surface area contributed by atoms with Gasteiger partial charge in [-0.1, -0.05) is 6.92 Å². The molecule has 0 amide bonds. The smallest absolute Gasteiger partial charge is 0.0601 e. The number of rotatable bonds is 5. The second-order valence-corrected chi connectivity index (χ2v) is 4.92. The van der Waals surface area contributed by atoms with Crippen LogP contribution in [0.3, 0.4) is 0 Å². The second kappa shape index (κ2) is 5.28. The van der Waals surface area contributed by atoms with E-state index in [4.69, 9.17) is 4.74 Å². The molecule has 3 nitrogen and oxygen atoms in total. The fourth-order valence-electron chi connectivity index (χ4n) is 2.66. The summed E-state index contributed by atoms with van der Waals surface area (Å²) in [6.07, 6.45) is 5.60. The summed E-state index contributed by atoms with van der Waals surface area (Å²) >= 11 is 0. The van der Waals surface area contributed by atoms with Crippen LogP contribution in [0.4, 0.5) is 0 Å². The van der Waals surface area contributed by atoms with E-state index in [9.17, 15) is 0 Å². The maximum atomic E-state index is 5.33. The van der Waals surface area contributed by atoms with Crippen molar-refractivity contribution in [3.8, 4) is 0 Å². The number of hydrogen-bond donors (Lipinski definition) is 1. The van der Waals surface area contributed by atoms with Gasteiger partial charge in [-0.15, -0.1) is 0 Å². The average Bonchev–Trinajstić information content (AvgIpc) is 2.62. The van der Waals surface area contributed by atoms with Crippen molar-refractivity contribution < 1.29 is 4.74 Å². The first-order valence-corrected chi connectivity index (χ1v) is 6.33. The molecular formula is C12H24N2O. The van der Waals surface area contributed by atoms with Crippen LogP contribution in [-0.2, 0) is 4.74 Å². The first-order valence-electron chi connectivity index (χ1n) is 6.33. The van der Waals surface area contributed by atoms with E-state index < -0.39 is 0 Å². The van der Waals surface area contributed by atoms with Crippen molar-refractivity contribution in [3.63, 3.8) is 0 Å². The van der Waals surface area contributed by atoms with Gasteiger partial charge in [0.2, 0.25) is 0 Å². The molecule has 2 aliphatic rings.